The van der Waals surface area contributed by atoms with Crippen LogP contribution < -0.4 is 0 Å². The molecule has 0 spiro atoms. The number of carbonyl (C=O) groups excluding carboxylic acids is 1. The van der Waals surface area contributed by atoms with Crippen LogP contribution in [-0.4, -0.2) is 34.5 Å². The fourth-order valence-corrected chi connectivity index (χ4v) is 2.48. The van der Waals surface area contributed by atoms with Gasteiger partial charge in [0.25, 0.3) is 5.91 Å². The Morgan fingerprint density at radius 1 is 1.23 bits per heavy atom. The number of likely N-dealkylation sites (tertiary alicyclic amines) is 1. The van der Waals surface area contributed by atoms with Gasteiger partial charge in [-0.05, 0) is 37.5 Å². The van der Waals surface area contributed by atoms with Gasteiger partial charge in [-0.2, -0.15) is 13.2 Å². The van der Waals surface area contributed by atoms with Gasteiger partial charge in [-0.25, -0.2) is 9.18 Å². The average molecular weight is 319 g/mol. The number of carbonyl (C=O) groups is 2. The van der Waals surface area contributed by atoms with E-state index in [-0.39, 0.29) is 18.5 Å². The van der Waals surface area contributed by atoms with Crippen molar-refractivity contribution in [3.8, 4) is 0 Å². The predicted octanol–water partition coefficient (Wildman–Crippen LogP) is 2.92. The highest BCUT2D eigenvalue weighted by atomic mass is 19.4. The highest BCUT2D eigenvalue weighted by Crippen LogP contribution is 2.32. The number of piperidine rings is 1. The second-order valence-corrected chi connectivity index (χ2v) is 5.04. The molecule has 1 saturated heterocycles. The Hall–Kier alpha value is -2.12. The van der Waals surface area contributed by atoms with Crippen molar-refractivity contribution in [2.45, 2.75) is 31.5 Å². The minimum absolute atomic E-state index is 0.179. The summed E-state index contributed by atoms with van der Waals surface area (Å²) in [5.41, 5.74) is -1.75. The molecule has 0 aromatic heterocycles. The van der Waals surface area contributed by atoms with E-state index in [1.165, 1.54) is 0 Å². The number of benzene rings is 1. The first kappa shape index (κ1) is 16.3. The molecule has 1 aliphatic heterocycles. The zero-order chi connectivity index (χ0) is 16.5. The Morgan fingerprint density at radius 2 is 1.91 bits per heavy atom. The van der Waals surface area contributed by atoms with E-state index in [1.54, 1.807) is 0 Å². The Labute approximate surface area is 123 Å². The summed E-state index contributed by atoms with van der Waals surface area (Å²) in [5, 5.41) is 9.09. The summed E-state index contributed by atoms with van der Waals surface area (Å²) in [6.45, 7) is 0.179. The van der Waals surface area contributed by atoms with Crippen LogP contribution in [0.4, 0.5) is 17.6 Å². The van der Waals surface area contributed by atoms with Crippen molar-refractivity contribution >= 4 is 11.9 Å². The fourth-order valence-electron chi connectivity index (χ4n) is 2.48. The van der Waals surface area contributed by atoms with Gasteiger partial charge in [-0.15, -0.1) is 0 Å². The molecule has 0 saturated carbocycles. The summed E-state index contributed by atoms with van der Waals surface area (Å²) in [4.78, 5) is 24.4. The first-order chi connectivity index (χ1) is 10.2. The van der Waals surface area contributed by atoms with Gasteiger partial charge in [-0.3, -0.25) is 4.79 Å². The molecule has 1 aliphatic rings. The Balaban J connectivity index is 2.29. The van der Waals surface area contributed by atoms with Gasteiger partial charge in [0.05, 0.1) is 5.56 Å². The lowest BCUT2D eigenvalue weighted by molar-refractivity contribution is -0.143. The van der Waals surface area contributed by atoms with Crippen molar-refractivity contribution in [1.29, 1.82) is 0 Å². The fraction of sp³-hybridized carbons (Fsp3) is 0.429. The van der Waals surface area contributed by atoms with E-state index >= 15 is 0 Å². The van der Waals surface area contributed by atoms with Crippen LogP contribution in [0.15, 0.2) is 18.2 Å². The van der Waals surface area contributed by atoms with Crippen LogP contribution in [0.3, 0.4) is 0 Å². The SMILES string of the molecule is O=C(O)C1CCCCN1C(=O)c1ccc(C(F)(F)F)c(F)c1. The third kappa shape index (κ3) is 3.20. The lowest BCUT2D eigenvalue weighted by atomic mass is 10.0. The number of amides is 1. The van der Waals surface area contributed by atoms with E-state index in [0.717, 1.165) is 11.0 Å². The molecule has 1 N–H and O–H groups in total. The minimum atomic E-state index is -4.85. The second kappa shape index (κ2) is 5.94. The lowest BCUT2D eigenvalue weighted by Crippen LogP contribution is -2.48. The molecule has 0 radical (unpaired) electrons. The van der Waals surface area contributed by atoms with Gasteiger partial charge < -0.3 is 10.0 Å². The highest BCUT2D eigenvalue weighted by molar-refractivity contribution is 5.96. The van der Waals surface area contributed by atoms with Crippen molar-refractivity contribution in [3.63, 3.8) is 0 Å². The number of rotatable bonds is 2. The summed E-state index contributed by atoms with van der Waals surface area (Å²) in [6.07, 6.45) is -3.34. The minimum Gasteiger partial charge on any atom is -0.480 e. The molecule has 22 heavy (non-hydrogen) atoms. The van der Waals surface area contributed by atoms with Gasteiger partial charge >= 0.3 is 12.1 Å². The van der Waals surface area contributed by atoms with Crippen LogP contribution in [0, 0.1) is 5.82 Å². The zero-order valence-corrected chi connectivity index (χ0v) is 11.4. The molecule has 1 amide bonds. The van der Waals surface area contributed by atoms with Crippen molar-refractivity contribution in [1.82, 2.24) is 4.90 Å². The molecule has 1 atom stereocenters. The molecule has 0 bridgehead atoms. The standard InChI is InChI=1S/C14H13F4NO3/c15-10-7-8(4-5-9(10)14(16,17)18)12(20)19-6-2-1-3-11(19)13(21)22/h4-5,7,11H,1-3,6H2,(H,21,22). The van der Waals surface area contributed by atoms with Crippen molar-refractivity contribution in [3.05, 3.63) is 35.1 Å². The van der Waals surface area contributed by atoms with Crippen molar-refractivity contribution in [2.75, 3.05) is 6.54 Å². The number of carboxylic acid groups (broad SMARTS) is 1. The highest BCUT2D eigenvalue weighted by Gasteiger charge is 2.36. The molecular weight excluding hydrogens is 306 g/mol. The van der Waals surface area contributed by atoms with Crippen LogP contribution >= 0.6 is 0 Å². The number of carboxylic acids is 1. The smallest absolute Gasteiger partial charge is 0.419 e. The Morgan fingerprint density at radius 3 is 2.45 bits per heavy atom. The van der Waals surface area contributed by atoms with E-state index in [9.17, 15) is 27.2 Å². The zero-order valence-electron chi connectivity index (χ0n) is 11.4. The van der Waals surface area contributed by atoms with E-state index in [1.807, 2.05) is 0 Å². The van der Waals surface area contributed by atoms with E-state index < -0.39 is 35.5 Å². The molecule has 8 heteroatoms. The van der Waals surface area contributed by atoms with Gasteiger partial charge in [-0.1, -0.05) is 0 Å². The van der Waals surface area contributed by atoms with Gasteiger partial charge in [0.2, 0.25) is 0 Å². The normalized spacial score (nSPS) is 19.1. The van der Waals surface area contributed by atoms with E-state index in [0.29, 0.717) is 25.0 Å². The maximum Gasteiger partial charge on any atom is 0.419 e. The monoisotopic (exact) mass is 319 g/mol. The van der Waals surface area contributed by atoms with Crippen LogP contribution in [0.2, 0.25) is 0 Å². The number of hydrogen-bond donors (Lipinski definition) is 1. The van der Waals surface area contributed by atoms with E-state index in [2.05, 4.69) is 0 Å². The summed E-state index contributed by atoms with van der Waals surface area (Å²) >= 11 is 0. The Bertz CT molecular complexity index is 600. The third-order valence-corrected chi connectivity index (χ3v) is 3.57. The Kier molecular flexibility index (Phi) is 4.39. The number of hydrogen-bond acceptors (Lipinski definition) is 2. The molecule has 1 aromatic carbocycles. The molecule has 1 aromatic rings. The first-order valence-corrected chi connectivity index (χ1v) is 6.62. The van der Waals surface area contributed by atoms with Crippen LogP contribution in [0.25, 0.3) is 0 Å². The predicted molar refractivity (Wildman–Crippen MR) is 67.7 cm³/mol. The largest absolute Gasteiger partial charge is 0.480 e. The van der Waals surface area contributed by atoms with Crippen molar-refractivity contribution in [2.24, 2.45) is 0 Å². The van der Waals surface area contributed by atoms with Crippen LogP contribution in [0.5, 0.6) is 0 Å². The summed E-state index contributed by atoms with van der Waals surface area (Å²) in [6, 6.07) is 0.814. The van der Waals surface area contributed by atoms with Gasteiger partial charge in [0, 0.05) is 12.1 Å². The maximum atomic E-state index is 13.5. The lowest BCUT2D eigenvalue weighted by Gasteiger charge is -2.33. The molecule has 2 rings (SSSR count). The molecule has 1 fully saturated rings. The number of alkyl halides is 3. The average Bonchev–Trinajstić information content (AvgIpc) is 2.45. The number of nitrogens with zero attached hydrogens (tertiary/aromatic N) is 1. The molecule has 4 nitrogen and oxygen atoms in total. The van der Waals surface area contributed by atoms with Crippen LogP contribution in [0.1, 0.15) is 35.2 Å². The molecule has 120 valence electrons. The summed E-state index contributed by atoms with van der Waals surface area (Å²) < 4.78 is 51.0. The molecule has 0 aliphatic carbocycles. The molecule has 1 heterocycles. The number of aliphatic carboxylic acids is 1. The summed E-state index contributed by atoms with van der Waals surface area (Å²) in [5.74, 6) is -3.51. The van der Waals surface area contributed by atoms with Gasteiger partial charge in [0.15, 0.2) is 0 Å². The van der Waals surface area contributed by atoms with Gasteiger partial charge in [0.1, 0.15) is 11.9 Å². The first-order valence-electron chi connectivity index (χ1n) is 6.62. The quantitative estimate of drug-likeness (QED) is 0.853. The van der Waals surface area contributed by atoms with Crippen LogP contribution in [-0.2, 0) is 11.0 Å². The maximum absolute atomic E-state index is 13.5. The summed E-state index contributed by atoms with van der Waals surface area (Å²) in [7, 11) is 0. The number of halogens is 4. The third-order valence-electron chi connectivity index (χ3n) is 3.57. The second-order valence-electron chi connectivity index (χ2n) is 5.04. The van der Waals surface area contributed by atoms with Crippen molar-refractivity contribution < 1.29 is 32.3 Å². The molecular formula is C14H13F4NO3. The molecule has 1 unspecified atom stereocenters. The van der Waals surface area contributed by atoms with E-state index in [4.69, 9.17) is 5.11 Å². The topological polar surface area (TPSA) is 57.6 Å².